The van der Waals surface area contributed by atoms with Crippen molar-refractivity contribution in [3.63, 3.8) is 0 Å². The SMILES string of the molecule is CC1CCCC(CCNC(=O)c2ccc(S)cc2)C1. The highest BCUT2D eigenvalue weighted by Crippen LogP contribution is 2.30. The zero-order chi connectivity index (χ0) is 13.7. The smallest absolute Gasteiger partial charge is 0.251 e. The number of nitrogens with one attached hydrogen (secondary N) is 1. The number of carbonyl (C=O) groups is 1. The second kappa shape index (κ2) is 6.99. The van der Waals surface area contributed by atoms with Crippen molar-refractivity contribution in [1.29, 1.82) is 0 Å². The lowest BCUT2D eigenvalue weighted by atomic mass is 9.81. The molecule has 2 unspecified atom stereocenters. The minimum absolute atomic E-state index is 0.0252. The third-order valence-corrected chi connectivity index (χ3v) is 4.31. The van der Waals surface area contributed by atoms with Gasteiger partial charge in [-0.15, -0.1) is 12.6 Å². The van der Waals surface area contributed by atoms with Crippen molar-refractivity contribution < 1.29 is 4.79 Å². The number of rotatable bonds is 4. The minimum Gasteiger partial charge on any atom is -0.352 e. The molecule has 0 spiro atoms. The molecule has 1 aliphatic rings. The van der Waals surface area contributed by atoms with Crippen molar-refractivity contribution in [3.8, 4) is 0 Å². The fourth-order valence-electron chi connectivity index (χ4n) is 2.93. The Morgan fingerprint density at radius 3 is 2.74 bits per heavy atom. The summed E-state index contributed by atoms with van der Waals surface area (Å²) >= 11 is 4.22. The highest BCUT2D eigenvalue weighted by atomic mass is 32.1. The third kappa shape index (κ3) is 4.57. The van der Waals surface area contributed by atoms with Gasteiger partial charge in [-0.05, 0) is 48.9 Å². The van der Waals surface area contributed by atoms with Crippen LogP contribution in [0, 0.1) is 11.8 Å². The van der Waals surface area contributed by atoms with Gasteiger partial charge in [-0.2, -0.15) is 0 Å². The second-order valence-electron chi connectivity index (χ2n) is 5.73. The molecule has 0 saturated heterocycles. The van der Waals surface area contributed by atoms with E-state index in [9.17, 15) is 4.79 Å². The van der Waals surface area contributed by atoms with Crippen molar-refractivity contribution >= 4 is 18.5 Å². The first-order chi connectivity index (χ1) is 9.15. The van der Waals surface area contributed by atoms with Gasteiger partial charge < -0.3 is 5.32 Å². The van der Waals surface area contributed by atoms with Crippen LogP contribution in [0.4, 0.5) is 0 Å². The molecule has 1 fully saturated rings. The van der Waals surface area contributed by atoms with Gasteiger partial charge in [0.1, 0.15) is 0 Å². The second-order valence-corrected chi connectivity index (χ2v) is 6.25. The summed E-state index contributed by atoms with van der Waals surface area (Å²) in [6.07, 6.45) is 6.49. The van der Waals surface area contributed by atoms with Crippen LogP contribution in [0.25, 0.3) is 0 Å². The number of amides is 1. The summed E-state index contributed by atoms with van der Waals surface area (Å²) < 4.78 is 0. The van der Waals surface area contributed by atoms with Crippen LogP contribution in [0.1, 0.15) is 49.4 Å². The molecule has 1 aromatic carbocycles. The maximum atomic E-state index is 11.9. The van der Waals surface area contributed by atoms with E-state index in [0.717, 1.165) is 35.3 Å². The van der Waals surface area contributed by atoms with Crippen LogP contribution in [0.15, 0.2) is 29.2 Å². The Hall–Kier alpha value is -0.960. The van der Waals surface area contributed by atoms with Crippen LogP contribution in [0.2, 0.25) is 0 Å². The van der Waals surface area contributed by atoms with E-state index < -0.39 is 0 Å². The zero-order valence-electron chi connectivity index (χ0n) is 11.6. The quantitative estimate of drug-likeness (QED) is 0.802. The van der Waals surface area contributed by atoms with E-state index in [4.69, 9.17) is 0 Å². The summed E-state index contributed by atoms with van der Waals surface area (Å²) in [6.45, 7) is 3.13. The first-order valence-electron chi connectivity index (χ1n) is 7.22. The van der Waals surface area contributed by atoms with Gasteiger partial charge in [0.15, 0.2) is 0 Å². The number of hydrogen-bond donors (Lipinski definition) is 2. The van der Waals surface area contributed by atoms with E-state index >= 15 is 0 Å². The van der Waals surface area contributed by atoms with Crippen LogP contribution in [-0.2, 0) is 0 Å². The molecule has 0 radical (unpaired) electrons. The predicted octanol–water partition coefficient (Wildman–Crippen LogP) is 3.92. The van der Waals surface area contributed by atoms with Crippen molar-refractivity contribution in [3.05, 3.63) is 29.8 Å². The van der Waals surface area contributed by atoms with E-state index in [2.05, 4.69) is 24.9 Å². The molecule has 2 nitrogen and oxygen atoms in total. The largest absolute Gasteiger partial charge is 0.352 e. The Bertz CT molecular complexity index is 415. The van der Waals surface area contributed by atoms with Crippen LogP contribution >= 0.6 is 12.6 Å². The lowest BCUT2D eigenvalue weighted by Gasteiger charge is -2.26. The van der Waals surface area contributed by atoms with Crippen LogP contribution in [-0.4, -0.2) is 12.5 Å². The molecule has 2 atom stereocenters. The zero-order valence-corrected chi connectivity index (χ0v) is 12.5. The molecule has 1 amide bonds. The maximum Gasteiger partial charge on any atom is 0.251 e. The normalized spacial score (nSPS) is 23.1. The van der Waals surface area contributed by atoms with Gasteiger partial charge in [-0.25, -0.2) is 0 Å². The van der Waals surface area contributed by atoms with Crippen LogP contribution in [0.5, 0.6) is 0 Å². The van der Waals surface area contributed by atoms with Crippen LogP contribution < -0.4 is 5.32 Å². The molecule has 1 N–H and O–H groups in total. The standard InChI is InChI=1S/C16H23NOS/c1-12-3-2-4-13(11-12)9-10-17-16(18)14-5-7-15(19)8-6-14/h5-8,12-13,19H,2-4,9-11H2,1H3,(H,17,18). The summed E-state index contributed by atoms with van der Waals surface area (Å²) in [7, 11) is 0. The Morgan fingerprint density at radius 2 is 2.05 bits per heavy atom. The van der Waals surface area contributed by atoms with E-state index in [-0.39, 0.29) is 5.91 Å². The molecule has 19 heavy (non-hydrogen) atoms. The monoisotopic (exact) mass is 277 g/mol. The van der Waals surface area contributed by atoms with Crippen LogP contribution in [0.3, 0.4) is 0 Å². The topological polar surface area (TPSA) is 29.1 Å². The molecule has 2 rings (SSSR count). The number of thiol groups is 1. The molecule has 0 aromatic heterocycles. The molecule has 1 aliphatic carbocycles. The molecular formula is C16H23NOS. The highest BCUT2D eigenvalue weighted by molar-refractivity contribution is 7.80. The first-order valence-corrected chi connectivity index (χ1v) is 7.67. The summed E-state index contributed by atoms with van der Waals surface area (Å²) in [4.78, 5) is 12.8. The van der Waals surface area contributed by atoms with E-state index in [1.807, 2.05) is 24.3 Å². The van der Waals surface area contributed by atoms with Crippen molar-refractivity contribution in [2.45, 2.75) is 43.9 Å². The molecule has 1 aromatic rings. The van der Waals surface area contributed by atoms with E-state index in [0.29, 0.717) is 0 Å². The maximum absolute atomic E-state index is 11.9. The van der Waals surface area contributed by atoms with Gasteiger partial charge in [0, 0.05) is 17.0 Å². The molecule has 0 heterocycles. The highest BCUT2D eigenvalue weighted by Gasteiger charge is 2.18. The first kappa shape index (κ1) is 14.4. The Balaban J connectivity index is 1.73. The number of benzene rings is 1. The molecule has 3 heteroatoms. The summed E-state index contributed by atoms with van der Waals surface area (Å²) in [6, 6.07) is 7.34. The summed E-state index contributed by atoms with van der Waals surface area (Å²) in [5.41, 5.74) is 0.717. The molecule has 0 bridgehead atoms. The molecule has 0 aliphatic heterocycles. The lowest BCUT2D eigenvalue weighted by molar-refractivity contribution is 0.0949. The predicted molar refractivity (Wildman–Crippen MR) is 81.8 cm³/mol. The Morgan fingerprint density at radius 1 is 1.32 bits per heavy atom. The van der Waals surface area contributed by atoms with Crippen molar-refractivity contribution in [2.75, 3.05) is 6.54 Å². The fraction of sp³-hybridized carbons (Fsp3) is 0.562. The average molecular weight is 277 g/mol. The third-order valence-electron chi connectivity index (χ3n) is 4.01. The van der Waals surface area contributed by atoms with Crippen molar-refractivity contribution in [1.82, 2.24) is 5.32 Å². The van der Waals surface area contributed by atoms with Crippen molar-refractivity contribution in [2.24, 2.45) is 11.8 Å². The van der Waals surface area contributed by atoms with Gasteiger partial charge in [0.05, 0.1) is 0 Å². The van der Waals surface area contributed by atoms with Gasteiger partial charge in [0.25, 0.3) is 5.91 Å². The minimum atomic E-state index is 0.0252. The summed E-state index contributed by atoms with van der Waals surface area (Å²) in [5, 5.41) is 3.02. The van der Waals surface area contributed by atoms with Gasteiger partial charge >= 0.3 is 0 Å². The lowest BCUT2D eigenvalue weighted by Crippen LogP contribution is -2.27. The summed E-state index contributed by atoms with van der Waals surface area (Å²) in [5.74, 6) is 1.68. The average Bonchev–Trinajstić information content (AvgIpc) is 2.39. The molecular weight excluding hydrogens is 254 g/mol. The van der Waals surface area contributed by atoms with Gasteiger partial charge in [-0.1, -0.05) is 26.2 Å². The molecule has 104 valence electrons. The Labute approximate surface area is 121 Å². The molecule has 1 saturated carbocycles. The number of hydrogen-bond acceptors (Lipinski definition) is 2. The Kier molecular flexibility index (Phi) is 5.32. The van der Waals surface area contributed by atoms with Gasteiger partial charge in [-0.3, -0.25) is 4.79 Å². The van der Waals surface area contributed by atoms with E-state index in [1.165, 1.54) is 25.7 Å². The number of carbonyl (C=O) groups excluding carboxylic acids is 1. The van der Waals surface area contributed by atoms with Gasteiger partial charge in [0.2, 0.25) is 0 Å². The fourth-order valence-corrected chi connectivity index (χ4v) is 3.08. The van der Waals surface area contributed by atoms with E-state index in [1.54, 1.807) is 0 Å².